The van der Waals surface area contributed by atoms with E-state index in [-0.39, 0.29) is 0 Å². The second-order valence-electron chi connectivity index (χ2n) is 5.12. The van der Waals surface area contributed by atoms with Crippen LogP contribution in [0.4, 0.5) is 5.69 Å². The lowest BCUT2D eigenvalue weighted by Crippen LogP contribution is -2.26. The number of nitrogens with zero attached hydrogens (tertiary/aromatic N) is 2. The van der Waals surface area contributed by atoms with Gasteiger partial charge >= 0.3 is 0 Å². The van der Waals surface area contributed by atoms with Crippen LogP contribution in [-0.2, 0) is 6.42 Å². The highest BCUT2D eigenvalue weighted by Crippen LogP contribution is 2.38. The van der Waals surface area contributed by atoms with Gasteiger partial charge < -0.3 is 9.80 Å². The van der Waals surface area contributed by atoms with Crippen LogP contribution < -0.4 is 4.90 Å². The number of fused-ring (bicyclic) bond motifs is 1. The zero-order chi connectivity index (χ0) is 11.7. The molecule has 0 saturated heterocycles. The molecule has 2 heteroatoms. The summed E-state index contributed by atoms with van der Waals surface area (Å²) in [6.45, 7) is 0. The quantitative estimate of drug-likeness (QED) is 0.753. The lowest BCUT2D eigenvalue weighted by atomic mass is 9.85. The lowest BCUT2D eigenvalue weighted by Gasteiger charge is -2.34. The van der Waals surface area contributed by atoms with E-state index < -0.39 is 0 Å². The van der Waals surface area contributed by atoms with Gasteiger partial charge in [0.2, 0.25) is 0 Å². The summed E-state index contributed by atoms with van der Waals surface area (Å²) in [6, 6.07) is 7.30. The van der Waals surface area contributed by atoms with Gasteiger partial charge in [-0.2, -0.15) is 0 Å². The Morgan fingerprint density at radius 1 is 1.12 bits per heavy atom. The van der Waals surface area contributed by atoms with Gasteiger partial charge in [0, 0.05) is 25.8 Å². The summed E-state index contributed by atoms with van der Waals surface area (Å²) in [5, 5.41) is 0. The monoisotopic (exact) mass is 218 g/mol. The van der Waals surface area contributed by atoms with E-state index in [2.05, 4.69) is 56.2 Å². The molecule has 0 saturated carbocycles. The molecule has 1 aliphatic rings. The molecule has 1 aromatic rings. The van der Waals surface area contributed by atoms with E-state index >= 15 is 0 Å². The van der Waals surface area contributed by atoms with Crippen LogP contribution in [0.25, 0.3) is 0 Å². The van der Waals surface area contributed by atoms with Crippen LogP contribution in [0.2, 0.25) is 0 Å². The molecule has 0 heterocycles. The first-order chi connectivity index (χ1) is 7.61. The molecule has 0 N–H and O–H groups in total. The molecule has 2 rings (SSSR count). The SMILES string of the molecule is CN(C)c1cccc2c1C(N(C)C)CCC2. The van der Waals surface area contributed by atoms with Crippen molar-refractivity contribution in [3.8, 4) is 0 Å². The fourth-order valence-electron chi connectivity index (χ4n) is 2.74. The normalized spacial score (nSPS) is 19.7. The standard InChI is InChI=1S/C14H22N2/c1-15(2)12-9-5-7-11-8-6-10-13(14(11)12)16(3)4/h5,7,9,13H,6,8,10H2,1-4H3. The molecule has 0 radical (unpaired) electrons. The van der Waals surface area contributed by atoms with Crippen LogP contribution >= 0.6 is 0 Å². The van der Waals surface area contributed by atoms with E-state index in [0.29, 0.717) is 6.04 Å². The molecule has 2 nitrogen and oxygen atoms in total. The van der Waals surface area contributed by atoms with Gasteiger partial charge in [0.15, 0.2) is 0 Å². The van der Waals surface area contributed by atoms with Crippen LogP contribution in [0.1, 0.15) is 30.0 Å². The van der Waals surface area contributed by atoms with Gasteiger partial charge in [-0.3, -0.25) is 0 Å². The maximum absolute atomic E-state index is 2.35. The van der Waals surface area contributed by atoms with Crippen molar-refractivity contribution in [1.82, 2.24) is 4.90 Å². The molecule has 1 atom stereocenters. The second-order valence-corrected chi connectivity index (χ2v) is 5.12. The molecule has 0 spiro atoms. The van der Waals surface area contributed by atoms with Crippen LogP contribution in [0.15, 0.2) is 18.2 Å². The zero-order valence-corrected chi connectivity index (χ0v) is 10.8. The minimum absolute atomic E-state index is 0.586. The number of hydrogen-bond donors (Lipinski definition) is 0. The van der Waals surface area contributed by atoms with Gasteiger partial charge in [0.25, 0.3) is 0 Å². The van der Waals surface area contributed by atoms with Gasteiger partial charge in [0.1, 0.15) is 0 Å². The molecule has 0 aromatic heterocycles. The van der Waals surface area contributed by atoms with E-state index in [1.807, 2.05) is 0 Å². The van der Waals surface area contributed by atoms with Gasteiger partial charge in [-0.1, -0.05) is 12.1 Å². The van der Waals surface area contributed by atoms with Crippen molar-refractivity contribution in [3.05, 3.63) is 29.3 Å². The topological polar surface area (TPSA) is 6.48 Å². The van der Waals surface area contributed by atoms with Crippen molar-refractivity contribution in [2.75, 3.05) is 33.1 Å². The number of anilines is 1. The van der Waals surface area contributed by atoms with Crippen molar-refractivity contribution in [2.45, 2.75) is 25.3 Å². The van der Waals surface area contributed by atoms with Crippen LogP contribution in [0.5, 0.6) is 0 Å². The maximum Gasteiger partial charge on any atom is 0.0412 e. The van der Waals surface area contributed by atoms with Crippen LogP contribution in [0.3, 0.4) is 0 Å². The molecule has 88 valence electrons. The van der Waals surface area contributed by atoms with E-state index in [4.69, 9.17) is 0 Å². The Hall–Kier alpha value is -1.02. The van der Waals surface area contributed by atoms with Crippen molar-refractivity contribution in [3.63, 3.8) is 0 Å². The molecular weight excluding hydrogens is 196 g/mol. The molecular formula is C14H22N2. The fraction of sp³-hybridized carbons (Fsp3) is 0.571. The highest BCUT2D eigenvalue weighted by molar-refractivity contribution is 5.58. The van der Waals surface area contributed by atoms with Crippen molar-refractivity contribution >= 4 is 5.69 Å². The summed E-state index contributed by atoms with van der Waals surface area (Å²) in [4.78, 5) is 4.59. The Kier molecular flexibility index (Phi) is 3.20. The molecule has 0 fully saturated rings. The van der Waals surface area contributed by atoms with Crippen LogP contribution in [0, 0.1) is 0 Å². The van der Waals surface area contributed by atoms with Crippen molar-refractivity contribution < 1.29 is 0 Å². The molecule has 0 bridgehead atoms. The molecule has 0 amide bonds. The zero-order valence-electron chi connectivity index (χ0n) is 10.8. The summed E-state index contributed by atoms with van der Waals surface area (Å²) in [6.07, 6.45) is 3.83. The molecule has 1 aliphatic carbocycles. The number of benzene rings is 1. The van der Waals surface area contributed by atoms with Gasteiger partial charge in [-0.15, -0.1) is 0 Å². The highest BCUT2D eigenvalue weighted by atomic mass is 15.1. The Bertz CT molecular complexity index is 369. The van der Waals surface area contributed by atoms with Gasteiger partial charge in [0.05, 0.1) is 0 Å². The first kappa shape index (κ1) is 11.5. The Morgan fingerprint density at radius 3 is 2.50 bits per heavy atom. The van der Waals surface area contributed by atoms with Gasteiger partial charge in [-0.05, 0) is 50.6 Å². The third kappa shape index (κ3) is 1.94. The Morgan fingerprint density at radius 2 is 1.88 bits per heavy atom. The summed E-state index contributed by atoms with van der Waals surface area (Å²) >= 11 is 0. The fourth-order valence-corrected chi connectivity index (χ4v) is 2.74. The maximum atomic E-state index is 2.35. The molecule has 1 aromatic carbocycles. The molecule has 0 aliphatic heterocycles. The first-order valence-electron chi connectivity index (χ1n) is 6.07. The minimum Gasteiger partial charge on any atom is -0.377 e. The molecule has 16 heavy (non-hydrogen) atoms. The third-order valence-electron chi connectivity index (χ3n) is 3.54. The summed E-state index contributed by atoms with van der Waals surface area (Å²) in [7, 11) is 8.65. The van der Waals surface area contributed by atoms with E-state index in [1.54, 1.807) is 5.56 Å². The van der Waals surface area contributed by atoms with E-state index in [1.165, 1.54) is 30.5 Å². The van der Waals surface area contributed by atoms with E-state index in [9.17, 15) is 0 Å². The summed E-state index contributed by atoms with van der Waals surface area (Å²) < 4.78 is 0. The third-order valence-corrected chi connectivity index (χ3v) is 3.54. The van der Waals surface area contributed by atoms with Crippen molar-refractivity contribution in [1.29, 1.82) is 0 Å². The predicted molar refractivity (Wildman–Crippen MR) is 70.1 cm³/mol. The Balaban J connectivity index is 2.51. The number of aryl methyl sites for hydroxylation is 1. The number of rotatable bonds is 2. The first-order valence-corrected chi connectivity index (χ1v) is 6.07. The predicted octanol–water partition coefficient (Wildman–Crippen LogP) is 2.69. The van der Waals surface area contributed by atoms with Crippen LogP contribution in [-0.4, -0.2) is 33.1 Å². The average Bonchev–Trinajstić information content (AvgIpc) is 2.27. The van der Waals surface area contributed by atoms with Crippen molar-refractivity contribution in [2.24, 2.45) is 0 Å². The highest BCUT2D eigenvalue weighted by Gasteiger charge is 2.24. The Labute approximate surface area is 98.9 Å². The summed E-state index contributed by atoms with van der Waals surface area (Å²) in [5.74, 6) is 0. The minimum atomic E-state index is 0.586. The smallest absolute Gasteiger partial charge is 0.0412 e. The average molecular weight is 218 g/mol. The van der Waals surface area contributed by atoms with E-state index in [0.717, 1.165) is 0 Å². The second kappa shape index (κ2) is 4.46. The number of hydrogen-bond acceptors (Lipinski definition) is 2. The van der Waals surface area contributed by atoms with Gasteiger partial charge in [-0.25, -0.2) is 0 Å². The molecule has 1 unspecified atom stereocenters. The summed E-state index contributed by atoms with van der Waals surface area (Å²) in [5.41, 5.74) is 4.47. The lowest BCUT2D eigenvalue weighted by molar-refractivity contribution is 0.269. The largest absolute Gasteiger partial charge is 0.377 e.